The molecule has 0 radical (unpaired) electrons. The van der Waals surface area contributed by atoms with Crippen LogP contribution in [-0.2, 0) is 6.61 Å². The Kier molecular flexibility index (Phi) is 5.17. The van der Waals surface area contributed by atoms with Gasteiger partial charge in [0, 0.05) is 10.5 Å². The zero-order valence-corrected chi connectivity index (χ0v) is 16.7. The summed E-state index contributed by atoms with van der Waals surface area (Å²) >= 11 is 3.45. The number of hydrogen-bond donors (Lipinski definition) is 0. The van der Waals surface area contributed by atoms with Crippen LogP contribution in [0.3, 0.4) is 0 Å². The third-order valence-electron chi connectivity index (χ3n) is 4.26. The second-order valence-electron chi connectivity index (χ2n) is 6.42. The molecular formula is C23H17BrO4. The summed E-state index contributed by atoms with van der Waals surface area (Å²) in [6, 6.07) is 20.5. The second kappa shape index (κ2) is 7.90. The quantitative estimate of drug-likeness (QED) is 0.371. The highest BCUT2D eigenvalue weighted by Crippen LogP contribution is 2.25. The highest BCUT2D eigenvalue weighted by Gasteiger charge is 2.10. The predicted octanol–water partition coefficient (Wildman–Crippen LogP) is 6.24. The summed E-state index contributed by atoms with van der Waals surface area (Å²) in [6.07, 6.45) is 1.34. The Balaban J connectivity index is 1.55. The van der Waals surface area contributed by atoms with Crippen LogP contribution >= 0.6 is 15.9 Å². The summed E-state index contributed by atoms with van der Waals surface area (Å²) in [5, 5.41) is 0.444. The normalized spacial score (nSPS) is 10.8. The fraction of sp³-hybridized carbons (Fsp3) is 0.0870. The maximum Gasteiger partial charge on any atom is 0.235 e. The number of halogens is 1. The Bertz CT molecular complexity index is 1180. The van der Waals surface area contributed by atoms with Crippen molar-refractivity contribution in [3.8, 4) is 17.2 Å². The van der Waals surface area contributed by atoms with Crippen molar-refractivity contribution in [2.45, 2.75) is 13.5 Å². The standard InChI is InChI=1S/C23H17BrO4/c1-15-5-7-18(8-6-15)28-22-14-27-21-12-19(9-10-20(21)23(22)25)26-13-16-3-2-4-17(24)11-16/h2-12,14H,13H2,1H3. The second-order valence-corrected chi connectivity index (χ2v) is 7.34. The molecule has 0 saturated carbocycles. The lowest BCUT2D eigenvalue weighted by molar-refractivity contribution is 0.306. The third-order valence-corrected chi connectivity index (χ3v) is 4.75. The Morgan fingerprint density at radius 2 is 1.75 bits per heavy atom. The average Bonchev–Trinajstić information content (AvgIpc) is 2.70. The van der Waals surface area contributed by atoms with E-state index in [0.29, 0.717) is 29.1 Å². The van der Waals surface area contributed by atoms with Crippen LogP contribution in [0.1, 0.15) is 11.1 Å². The fourth-order valence-corrected chi connectivity index (χ4v) is 3.22. The first kappa shape index (κ1) is 18.3. The Morgan fingerprint density at radius 3 is 2.54 bits per heavy atom. The summed E-state index contributed by atoms with van der Waals surface area (Å²) in [4.78, 5) is 12.7. The smallest absolute Gasteiger partial charge is 0.235 e. The van der Waals surface area contributed by atoms with Gasteiger partial charge in [-0.3, -0.25) is 4.79 Å². The molecule has 1 aromatic heterocycles. The third kappa shape index (κ3) is 4.10. The first-order valence-electron chi connectivity index (χ1n) is 8.76. The van der Waals surface area contributed by atoms with Crippen molar-refractivity contribution in [3.63, 3.8) is 0 Å². The Morgan fingerprint density at radius 1 is 0.964 bits per heavy atom. The molecule has 0 saturated heterocycles. The SMILES string of the molecule is Cc1ccc(Oc2coc3cc(OCc4cccc(Br)c4)ccc3c2=O)cc1. The lowest BCUT2D eigenvalue weighted by Crippen LogP contribution is -2.05. The van der Waals surface area contributed by atoms with Crippen molar-refractivity contribution in [1.82, 2.24) is 0 Å². The maximum atomic E-state index is 12.7. The van der Waals surface area contributed by atoms with Gasteiger partial charge in [-0.1, -0.05) is 45.8 Å². The molecule has 0 spiro atoms. The summed E-state index contributed by atoms with van der Waals surface area (Å²) < 4.78 is 18.1. The summed E-state index contributed by atoms with van der Waals surface area (Å²) in [5.41, 5.74) is 2.39. The largest absolute Gasteiger partial charge is 0.489 e. The number of fused-ring (bicyclic) bond motifs is 1. The number of rotatable bonds is 5. The zero-order chi connectivity index (χ0) is 19.5. The molecule has 0 atom stereocenters. The van der Waals surface area contributed by atoms with E-state index < -0.39 is 0 Å². The van der Waals surface area contributed by atoms with Gasteiger partial charge in [-0.2, -0.15) is 0 Å². The van der Waals surface area contributed by atoms with Crippen molar-refractivity contribution in [2.24, 2.45) is 0 Å². The van der Waals surface area contributed by atoms with Gasteiger partial charge in [0.05, 0.1) is 5.39 Å². The molecule has 0 unspecified atom stereocenters. The van der Waals surface area contributed by atoms with E-state index >= 15 is 0 Å². The minimum atomic E-state index is -0.222. The van der Waals surface area contributed by atoms with Gasteiger partial charge in [0.2, 0.25) is 11.2 Å². The van der Waals surface area contributed by atoms with Gasteiger partial charge in [-0.25, -0.2) is 0 Å². The van der Waals surface area contributed by atoms with Gasteiger partial charge in [0.1, 0.15) is 30.0 Å². The molecule has 140 valence electrons. The van der Waals surface area contributed by atoms with Crippen LogP contribution in [0.15, 0.2) is 86.7 Å². The van der Waals surface area contributed by atoms with Crippen LogP contribution < -0.4 is 14.9 Å². The van der Waals surface area contributed by atoms with Crippen molar-refractivity contribution >= 4 is 26.9 Å². The van der Waals surface area contributed by atoms with Crippen molar-refractivity contribution in [2.75, 3.05) is 0 Å². The molecule has 4 nitrogen and oxygen atoms in total. The summed E-state index contributed by atoms with van der Waals surface area (Å²) in [5.74, 6) is 1.37. The molecule has 0 amide bonds. The summed E-state index contributed by atoms with van der Waals surface area (Å²) in [7, 11) is 0. The number of ether oxygens (including phenoxy) is 2. The molecule has 0 fully saturated rings. The van der Waals surface area contributed by atoms with E-state index in [2.05, 4.69) is 15.9 Å². The van der Waals surface area contributed by atoms with Gasteiger partial charge >= 0.3 is 0 Å². The van der Waals surface area contributed by atoms with Gasteiger partial charge in [0.15, 0.2) is 0 Å². The first-order chi connectivity index (χ1) is 13.6. The highest BCUT2D eigenvalue weighted by molar-refractivity contribution is 9.10. The molecule has 0 aliphatic carbocycles. The lowest BCUT2D eigenvalue weighted by atomic mass is 10.2. The minimum Gasteiger partial charge on any atom is -0.489 e. The van der Waals surface area contributed by atoms with Gasteiger partial charge < -0.3 is 13.9 Å². The molecule has 28 heavy (non-hydrogen) atoms. The molecule has 1 heterocycles. The molecular weight excluding hydrogens is 420 g/mol. The van der Waals surface area contributed by atoms with Crippen molar-refractivity contribution < 1.29 is 13.9 Å². The van der Waals surface area contributed by atoms with Crippen LogP contribution in [0.5, 0.6) is 17.2 Å². The monoisotopic (exact) mass is 436 g/mol. The molecule has 5 heteroatoms. The number of hydrogen-bond acceptors (Lipinski definition) is 4. The molecule has 0 bridgehead atoms. The molecule has 4 aromatic rings. The molecule has 0 N–H and O–H groups in total. The Hall–Kier alpha value is -3.05. The van der Waals surface area contributed by atoms with Gasteiger partial charge in [-0.05, 0) is 48.9 Å². The van der Waals surface area contributed by atoms with Crippen molar-refractivity contribution in [1.29, 1.82) is 0 Å². The van der Waals surface area contributed by atoms with Crippen LogP contribution in [0.2, 0.25) is 0 Å². The van der Waals surface area contributed by atoms with Gasteiger partial charge in [0.25, 0.3) is 0 Å². The van der Waals surface area contributed by atoms with Crippen molar-refractivity contribution in [3.05, 3.63) is 98.8 Å². The van der Waals surface area contributed by atoms with E-state index in [-0.39, 0.29) is 11.2 Å². The molecule has 3 aromatic carbocycles. The fourth-order valence-electron chi connectivity index (χ4n) is 2.78. The van der Waals surface area contributed by atoms with Crippen LogP contribution in [0.4, 0.5) is 0 Å². The van der Waals surface area contributed by atoms with Crippen LogP contribution in [0, 0.1) is 6.92 Å². The zero-order valence-electron chi connectivity index (χ0n) is 15.1. The molecule has 4 rings (SSSR count). The van der Waals surface area contributed by atoms with E-state index in [1.165, 1.54) is 6.26 Å². The summed E-state index contributed by atoms with van der Waals surface area (Å²) in [6.45, 7) is 2.41. The maximum absolute atomic E-state index is 12.7. The number of benzene rings is 3. The van der Waals surface area contributed by atoms with Crippen LogP contribution in [0.25, 0.3) is 11.0 Å². The highest BCUT2D eigenvalue weighted by atomic mass is 79.9. The van der Waals surface area contributed by atoms with E-state index in [9.17, 15) is 4.79 Å². The average molecular weight is 437 g/mol. The molecule has 0 aliphatic heterocycles. The molecule has 0 aliphatic rings. The Labute approximate surface area is 170 Å². The topological polar surface area (TPSA) is 48.7 Å². The first-order valence-corrected chi connectivity index (χ1v) is 9.55. The predicted molar refractivity (Wildman–Crippen MR) is 112 cm³/mol. The minimum absolute atomic E-state index is 0.152. The van der Waals surface area contributed by atoms with E-state index in [1.807, 2.05) is 55.5 Å². The van der Waals surface area contributed by atoms with Gasteiger partial charge in [-0.15, -0.1) is 0 Å². The lowest BCUT2D eigenvalue weighted by Gasteiger charge is -2.09. The van der Waals surface area contributed by atoms with E-state index in [0.717, 1.165) is 15.6 Å². The van der Waals surface area contributed by atoms with E-state index in [4.69, 9.17) is 13.9 Å². The number of aryl methyl sites for hydroxylation is 1. The van der Waals surface area contributed by atoms with E-state index in [1.54, 1.807) is 18.2 Å². The van der Waals surface area contributed by atoms with Crippen LogP contribution in [-0.4, -0.2) is 0 Å².